The van der Waals surface area contributed by atoms with E-state index in [1.54, 1.807) is 17.4 Å². The zero-order valence-electron chi connectivity index (χ0n) is 14.7. The lowest BCUT2D eigenvalue weighted by atomic mass is 10.1. The average molecular weight is 424 g/mol. The van der Waals surface area contributed by atoms with Gasteiger partial charge in [-0.2, -0.15) is 8.78 Å². The summed E-state index contributed by atoms with van der Waals surface area (Å²) in [5, 5.41) is 8.64. The number of ether oxygens (including phenoxy) is 1. The number of nitrogens with zero attached hydrogens (tertiary/aromatic N) is 1. The number of rotatable bonds is 7. The van der Waals surface area contributed by atoms with Crippen molar-refractivity contribution < 1.29 is 18.3 Å². The molecular formula is C19H16ClF2N3O2S. The minimum atomic E-state index is -2.95. The van der Waals surface area contributed by atoms with Crippen molar-refractivity contribution in [3.8, 4) is 17.0 Å². The Morgan fingerprint density at radius 3 is 2.75 bits per heavy atom. The van der Waals surface area contributed by atoms with Gasteiger partial charge in [-0.3, -0.25) is 4.79 Å². The summed E-state index contributed by atoms with van der Waals surface area (Å²) in [6.07, 6.45) is 0. The second-order valence-corrected chi connectivity index (χ2v) is 7.23. The molecule has 2 N–H and O–H groups in total. The van der Waals surface area contributed by atoms with Gasteiger partial charge in [-0.05, 0) is 37.3 Å². The third-order valence-corrected chi connectivity index (χ3v) is 4.73. The first kappa shape index (κ1) is 20.0. The zero-order chi connectivity index (χ0) is 20.1. The number of alkyl halides is 2. The molecule has 0 aliphatic rings. The summed E-state index contributed by atoms with van der Waals surface area (Å²) in [5.74, 6) is -0.392. The normalized spacial score (nSPS) is 10.8. The lowest BCUT2D eigenvalue weighted by molar-refractivity contribution is -0.114. The van der Waals surface area contributed by atoms with Crippen LogP contribution in [0.4, 0.5) is 20.2 Å². The van der Waals surface area contributed by atoms with Crippen LogP contribution in [0.2, 0.25) is 5.02 Å². The number of benzene rings is 2. The summed E-state index contributed by atoms with van der Waals surface area (Å²) < 4.78 is 28.8. The van der Waals surface area contributed by atoms with Gasteiger partial charge in [0.15, 0.2) is 0 Å². The van der Waals surface area contributed by atoms with Crippen LogP contribution in [0.5, 0.6) is 5.75 Å². The third-order valence-electron chi connectivity index (χ3n) is 3.66. The highest BCUT2D eigenvalue weighted by Gasteiger charge is 2.10. The van der Waals surface area contributed by atoms with Crippen LogP contribution in [0.25, 0.3) is 11.3 Å². The molecule has 0 bridgehead atoms. The Labute approximate surface area is 169 Å². The molecule has 2 aromatic carbocycles. The smallest absolute Gasteiger partial charge is 0.387 e. The number of halogens is 3. The molecule has 0 radical (unpaired) electrons. The Kier molecular flexibility index (Phi) is 6.43. The fourth-order valence-electron chi connectivity index (χ4n) is 2.44. The van der Waals surface area contributed by atoms with Gasteiger partial charge in [0.05, 0.1) is 22.3 Å². The van der Waals surface area contributed by atoms with Crippen LogP contribution < -0.4 is 15.4 Å². The minimum absolute atomic E-state index is 0.0224. The fraction of sp³-hybridized carbons (Fsp3) is 0.158. The number of hydrogen-bond acceptors (Lipinski definition) is 5. The van der Waals surface area contributed by atoms with Gasteiger partial charge in [-0.1, -0.05) is 23.7 Å². The van der Waals surface area contributed by atoms with Gasteiger partial charge in [0.2, 0.25) is 5.91 Å². The summed E-state index contributed by atoms with van der Waals surface area (Å²) in [7, 11) is 0. The quantitative estimate of drug-likeness (QED) is 0.532. The molecule has 9 heteroatoms. The van der Waals surface area contributed by atoms with Crippen LogP contribution in [-0.2, 0) is 4.79 Å². The summed E-state index contributed by atoms with van der Waals surface area (Å²) >= 11 is 7.45. The van der Waals surface area contributed by atoms with Crippen LogP contribution in [0.15, 0.2) is 47.8 Å². The second-order valence-electron chi connectivity index (χ2n) is 5.76. The molecule has 0 saturated heterocycles. The van der Waals surface area contributed by atoms with Crippen LogP contribution >= 0.6 is 22.9 Å². The number of nitrogens with one attached hydrogen (secondary N) is 2. The van der Waals surface area contributed by atoms with Gasteiger partial charge >= 0.3 is 6.61 Å². The van der Waals surface area contributed by atoms with Gasteiger partial charge in [0.1, 0.15) is 5.75 Å². The lowest BCUT2D eigenvalue weighted by Gasteiger charge is -2.11. The number of anilines is 2. The second kappa shape index (κ2) is 8.99. The molecule has 28 heavy (non-hydrogen) atoms. The van der Waals surface area contributed by atoms with Gasteiger partial charge in [0, 0.05) is 22.3 Å². The van der Waals surface area contributed by atoms with Gasteiger partial charge in [-0.15, -0.1) is 11.3 Å². The third kappa shape index (κ3) is 5.40. The molecule has 0 spiro atoms. The van der Waals surface area contributed by atoms with Crippen LogP contribution in [0.1, 0.15) is 5.01 Å². The summed E-state index contributed by atoms with van der Waals surface area (Å²) in [4.78, 5) is 16.6. The van der Waals surface area contributed by atoms with E-state index in [2.05, 4.69) is 20.4 Å². The molecule has 1 aromatic heterocycles. The Morgan fingerprint density at radius 1 is 1.25 bits per heavy atom. The number of carbonyl (C=O) groups is 1. The van der Waals surface area contributed by atoms with Crippen LogP contribution in [0.3, 0.4) is 0 Å². The van der Waals surface area contributed by atoms with E-state index in [1.165, 1.54) is 18.2 Å². The number of hydrogen-bond donors (Lipinski definition) is 2. The average Bonchev–Trinajstić information content (AvgIpc) is 3.08. The number of amides is 1. The Bertz CT molecular complexity index is 981. The van der Waals surface area contributed by atoms with Crippen molar-refractivity contribution in [2.75, 3.05) is 17.2 Å². The van der Waals surface area contributed by atoms with Crippen molar-refractivity contribution >= 4 is 40.2 Å². The van der Waals surface area contributed by atoms with Crippen molar-refractivity contribution in [3.05, 3.63) is 57.9 Å². The first-order valence-electron chi connectivity index (χ1n) is 8.21. The van der Waals surface area contributed by atoms with E-state index in [4.69, 9.17) is 11.6 Å². The fourth-order valence-corrected chi connectivity index (χ4v) is 3.29. The van der Waals surface area contributed by atoms with Crippen molar-refractivity contribution in [1.82, 2.24) is 4.98 Å². The maximum Gasteiger partial charge on any atom is 0.387 e. The molecule has 146 valence electrons. The van der Waals surface area contributed by atoms with E-state index < -0.39 is 6.61 Å². The maximum atomic E-state index is 12.2. The number of aromatic nitrogens is 1. The minimum Gasteiger partial charge on any atom is -0.433 e. The summed E-state index contributed by atoms with van der Waals surface area (Å²) in [5.41, 5.74) is 2.93. The van der Waals surface area contributed by atoms with Crippen LogP contribution in [0, 0.1) is 6.92 Å². The first-order chi connectivity index (χ1) is 13.4. The summed E-state index contributed by atoms with van der Waals surface area (Å²) in [6, 6.07) is 11.6. The molecule has 1 amide bonds. The number of aryl methyl sites for hydroxylation is 1. The molecule has 3 aromatic rings. The molecule has 0 atom stereocenters. The number of thiazole rings is 1. The Balaban J connectivity index is 1.58. The SMILES string of the molecule is Cc1nc(-c2cccc(NC(=O)CNc3ccc(OC(F)F)c(Cl)c3)c2)cs1. The Morgan fingerprint density at radius 2 is 2.07 bits per heavy atom. The largest absolute Gasteiger partial charge is 0.433 e. The van der Waals surface area contributed by atoms with Gasteiger partial charge in [0.25, 0.3) is 0 Å². The standard InChI is InChI=1S/C19H16ClF2N3O2S/c1-11-24-16(10-28-11)12-3-2-4-14(7-12)25-18(26)9-23-13-5-6-17(15(20)8-13)27-19(21)22/h2-8,10,19,23H,9H2,1H3,(H,25,26). The molecule has 1 heterocycles. The van der Waals surface area contributed by atoms with E-state index in [1.807, 2.05) is 30.5 Å². The number of carbonyl (C=O) groups excluding carboxylic acids is 1. The highest BCUT2D eigenvalue weighted by atomic mass is 35.5. The highest BCUT2D eigenvalue weighted by molar-refractivity contribution is 7.09. The lowest BCUT2D eigenvalue weighted by Crippen LogP contribution is -2.21. The monoisotopic (exact) mass is 423 g/mol. The molecule has 0 unspecified atom stereocenters. The van der Waals surface area contributed by atoms with Gasteiger partial charge in [-0.25, -0.2) is 4.98 Å². The predicted octanol–water partition coefficient (Wildman–Crippen LogP) is 5.42. The predicted molar refractivity (Wildman–Crippen MR) is 107 cm³/mol. The molecule has 5 nitrogen and oxygen atoms in total. The molecular weight excluding hydrogens is 408 g/mol. The first-order valence-corrected chi connectivity index (χ1v) is 9.47. The van der Waals surface area contributed by atoms with Crippen molar-refractivity contribution in [2.45, 2.75) is 13.5 Å². The van der Waals surface area contributed by atoms with Crippen molar-refractivity contribution in [3.63, 3.8) is 0 Å². The molecule has 0 aliphatic heterocycles. The van der Waals surface area contributed by atoms with E-state index >= 15 is 0 Å². The molecule has 0 fully saturated rings. The van der Waals surface area contributed by atoms with Crippen molar-refractivity contribution in [2.24, 2.45) is 0 Å². The topological polar surface area (TPSA) is 63.2 Å². The molecule has 3 rings (SSSR count). The zero-order valence-corrected chi connectivity index (χ0v) is 16.3. The maximum absolute atomic E-state index is 12.2. The highest BCUT2D eigenvalue weighted by Crippen LogP contribution is 2.29. The Hall–Kier alpha value is -2.71. The van der Waals surface area contributed by atoms with Crippen LogP contribution in [-0.4, -0.2) is 24.0 Å². The molecule has 0 saturated carbocycles. The van der Waals surface area contributed by atoms with Gasteiger partial charge < -0.3 is 15.4 Å². The van der Waals surface area contributed by atoms with E-state index in [0.29, 0.717) is 11.4 Å². The van der Waals surface area contributed by atoms with E-state index in [0.717, 1.165) is 16.3 Å². The summed E-state index contributed by atoms with van der Waals surface area (Å²) in [6.45, 7) is -1.04. The van der Waals surface area contributed by atoms with E-state index in [-0.39, 0.29) is 23.2 Å². The van der Waals surface area contributed by atoms with Crippen molar-refractivity contribution in [1.29, 1.82) is 0 Å². The van der Waals surface area contributed by atoms with E-state index in [9.17, 15) is 13.6 Å². The molecule has 0 aliphatic carbocycles.